The second-order valence-electron chi connectivity index (χ2n) is 4.53. The van der Waals surface area contributed by atoms with Crippen LogP contribution in [0.1, 0.15) is 52.9 Å². The van der Waals surface area contributed by atoms with E-state index in [0.29, 0.717) is 0 Å². The van der Waals surface area contributed by atoms with E-state index in [1.807, 2.05) is 0 Å². The van der Waals surface area contributed by atoms with Gasteiger partial charge >= 0.3 is 0 Å². The Morgan fingerprint density at radius 3 is 1.94 bits per heavy atom. The maximum Gasteiger partial charge on any atom is 0.102 e. The Morgan fingerprint density at radius 2 is 1.50 bits per heavy atom. The van der Waals surface area contributed by atoms with Crippen molar-refractivity contribution in [3.05, 3.63) is 0 Å². The Labute approximate surface area is 101 Å². The third kappa shape index (κ3) is 10.4. The van der Waals surface area contributed by atoms with Crippen LogP contribution in [0.4, 0.5) is 0 Å². The van der Waals surface area contributed by atoms with E-state index in [0.717, 1.165) is 19.5 Å². The van der Waals surface area contributed by atoms with Gasteiger partial charge in [-0.2, -0.15) is 0 Å². The summed E-state index contributed by atoms with van der Waals surface area (Å²) in [4.78, 5) is 2.55. The zero-order valence-corrected chi connectivity index (χ0v) is 11.3. The molecule has 0 amide bonds. The van der Waals surface area contributed by atoms with Crippen LogP contribution in [-0.4, -0.2) is 42.4 Å². The topological polar surface area (TPSA) is 35.5 Å². The summed E-state index contributed by atoms with van der Waals surface area (Å²) in [5.41, 5.74) is 0. The van der Waals surface area contributed by atoms with Crippen LogP contribution in [-0.2, 0) is 0 Å². The fourth-order valence-corrected chi connectivity index (χ4v) is 1.71. The fraction of sp³-hybridized carbons (Fsp3) is 1.00. The largest absolute Gasteiger partial charge is 0.379 e. The summed E-state index contributed by atoms with van der Waals surface area (Å²) in [7, 11) is 0. The van der Waals surface area contributed by atoms with Crippen LogP contribution >= 0.6 is 0 Å². The van der Waals surface area contributed by atoms with E-state index in [2.05, 4.69) is 24.1 Å². The number of nitrogens with zero attached hydrogens (tertiary/aromatic N) is 1. The number of rotatable bonds is 11. The zero-order chi connectivity index (χ0) is 12.2. The molecule has 3 heteroatoms. The highest BCUT2D eigenvalue weighted by Gasteiger charge is 2.03. The number of unbranched alkanes of at least 4 members (excludes halogenated alkanes) is 2. The lowest BCUT2D eigenvalue weighted by molar-refractivity contribution is 0.153. The molecule has 0 aliphatic carbocycles. The van der Waals surface area contributed by atoms with Crippen molar-refractivity contribution in [2.75, 3.05) is 26.2 Å². The smallest absolute Gasteiger partial charge is 0.102 e. The number of nitrogens with one attached hydrogen (secondary N) is 1. The number of hydrogen-bond donors (Lipinski definition) is 2. The van der Waals surface area contributed by atoms with E-state index >= 15 is 0 Å². The van der Waals surface area contributed by atoms with Crippen LogP contribution in [0.15, 0.2) is 0 Å². The van der Waals surface area contributed by atoms with Crippen molar-refractivity contribution < 1.29 is 5.11 Å². The minimum Gasteiger partial charge on any atom is -0.379 e. The van der Waals surface area contributed by atoms with Crippen LogP contribution in [0.5, 0.6) is 0 Å². The molecule has 0 aliphatic rings. The molecule has 0 radical (unpaired) electrons. The lowest BCUT2D eigenvalue weighted by Crippen LogP contribution is -2.32. The van der Waals surface area contributed by atoms with Crippen LogP contribution in [0, 0.1) is 0 Å². The van der Waals surface area contributed by atoms with E-state index in [4.69, 9.17) is 5.11 Å². The second-order valence-corrected chi connectivity index (χ2v) is 4.53. The Kier molecular flexibility index (Phi) is 11.3. The number of hydrogen-bond acceptors (Lipinski definition) is 3. The van der Waals surface area contributed by atoms with Gasteiger partial charge in [-0.05, 0) is 52.4 Å². The molecular formula is C13H30N2O. The van der Waals surface area contributed by atoms with Gasteiger partial charge in [0.15, 0.2) is 0 Å². The quantitative estimate of drug-likeness (QED) is 0.422. The standard InChI is InChI=1S/C13H30N2O/c1-4-6-10-15(11-7-5-2)12-8-9-14-13(3)16/h13-14,16H,4-12H2,1-3H3. The average Bonchev–Trinajstić information content (AvgIpc) is 2.26. The molecule has 1 atom stereocenters. The molecule has 1 unspecified atom stereocenters. The van der Waals surface area contributed by atoms with E-state index in [1.165, 1.54) is 38.8 Å². The van der Waals surface area contributed by atoms with Gasteiger partial charge in [-0.15, -0.1) is 0 Å². The summed E-state index contributed by atoms with van der Waals surface area (Å²) < 4.78 is 0. The zero-order valence-electron chi connectivity index (χ0n) is 11.3. The highest BCUT2D eigenvalue weighted by molar-refractivity contribution is 4.59. The van der Waals surface area contributed by atoms with E-state index in [9.17, 15) is 0 Å². The minimum absolute atomic E-state index is 0.375. The van der Waals surface area contributed by atoms with Gasteiger partial charge in [0.25, 0.3) is 0 Å². The lowest BCUT2D eigenvalue weighted by atomic mass is 10.2. The molecule has 0 aliphatic heterocycles. The van der Waals surface area contributed by atoms with Gasteiger partial charge in [-0.25, -0.2) is 0 Å². The summed E-state index contributed by atoms with van der Waals surface area (Å²) in [6, 6.07) is 0. The molecule has 16 heavy (non-hydrogen) atoms. The highest BCUT2D eigenvalue weighted by Crippen LogP contribution is 2.00. The first-order valence-electron chi connectivity index (χ1n) is 6.84. The molecule has 0 rings (SSSR count). The Balaban J connectivity index is 3.56. The van der Waals surface area contributed by atoms with E-state index < -0.39 is 0 Å². The van der Waals surface area contributed by atoms with Gasteiger partial charge in [0.05, 0.1) is 0 Å². The third-order valence-corrected chi connectivity index (χ3v) is 2.75. The minimum atomic E-state index is -0.375. The second kappa shape index (κ2) is 11.4. The molecule has 0 spiro atoms. The molecular weight excluding hydrogens is 200 g/mol. The first kappa shape index (κ1) is 15.9. The van der Waals surface area contributed by atoms with E-state index in [-0.39, 0.29) is 6.23 Å². The predicted molar refractivity (Wildman–Crippen MR) is 70.6 cm³/mol. The molecule has 0 aromatic rings. The molecule has 3 nitrogen and oxygen atoms in total. The van der Waals surface area contributed by atoms with Crippen LogP contribution < -0.4 is 5.32 Å². The summed E-state index contributed by atoms with van der Waals surface area (Å²) in [5.74, 6) is 0. The summed E-state index contributed by atoms with van der Waals surface area (Å²) in [6.07, 6.45) is 5.89. The first-order valence-corrected chi connectivity index (χ1v) is 6.84. The predicted octanol–water partition coefficient (Wildman–Crippen LogP) is 2.21. The summed E-state index contributed by atoms with van der Waals surface area (Å²) in [6.45, 7) is 10.8. The molecule has 0 saturated carbocycles. The van der Waals surface area contributed by atoms with Crippen molar-refractivity contribution in [1.29, 1.82) is 0 Å². The SMILES string of the molecule is CCCCN(CCCC)CCCNC(C)O. The highest BCUT2D eigenvalue weighted by atomic mass is 16.3. The van der Waals surface area contributed by atoms with Crippen LogP contribution in [0.25, 0.3) is 0 Å². The molecule has 0 bridgehead atoms. The maximum atomic E-state index is 9.08. The lowest BCUT2D eigenvalue weighted by Gasteiger charge is -2.22. The van der Waals surface area contributed by atoms with Gasteiger partial charge in [0.1, 0.15) is 6.23 Å². The normalized spacial score (nSPS) is 13.3. The van der Waals surface area contributed by atoms with Crippen LogP contribution in [0.2, 0.25) is 0 Å². The monoisotopic (exact) mass is 230 g/mol. The van der Waals surface area contributed by atoms with E-state index in [1.54, 1.807) is 6.92 Å². The van der Waals surface area contributed by atoms with Crippen molar-refractivity contribution >= 4 is 0 Å². The Morgan fingerprint density at radius 1 is 1.00 bits per heavy atom. The van der Waals surface area contributed by atoms with Crippen molar-refractivity contribution in [1.82, 2.24) is 10.2 Å². The fourth-order valence-electron chi connectivity index (χ4n) is 1.71. The average molecular weight is 230 g/mol. The van der Waals surface area contributed by atoms with Crippen molar-refractivity contribution in [3.63, 3.8) is 0 Å². The van der Waals surface area contributed by atoms with Crippen molar-refractivity contribution in [3.8, 4) is 0 Å². The van der Waals surface area contributed by atoms with Gasteiger partial charge in [-0.1, -0.05) is 26.7 Å². The molecule has 0 aromatic carbocycles. The maximum absolute atomic E-state index is 9.08. The molecule has 98 valence electrons. The molecule has 2 N–H and O–H groups in total. The Hall–Kier alpha value is -0.120. The van der Waals surface area contributed by atoms with Crippen molar-refractivity contribution in [2.45, 2.75) is 59.1 Å². The van der Waals surface area contributed by atoms with Gasteiger partial charge in [-0.3, -0.25) is 5.32 Å². The number of aliphatic hydroxyl groups is 1. The number of aliphatic hydroxyl groups excluding tert-OH is 1. The van der Waals surface area contributed by atoms with Gasteiger partial charge in [0, 0.05) is 0 Å². The van der Waals surface area contributed by atoms with Gasteiger partial charge < -0.3 is 10.0 Å². The van der Waals surface area contributed by atoms with Crippen molar-refractivity contribution in [2.24, 2.45) is 0 Å². The first-order chi connectivity index (χ1) is 7.70. The third-order valence-electron chi connectivity index (χ3n) is 2.75. The molecule has 0 heterocycles. The summed E-state index contributed by atoms with van der Waals surface area (Å²) in [5, 5.41) is 12.1. The summed E-state index contributed by atoms with van der Waals surface area (Å²) >= 11 is 0. The van der Waals surface area contributed by atoms with Crippen LogP contribution in [0.3, 0.4) is 0 Å². The molecule has 0 saturated heterocycles. The Bertz CT molecular complexity index is 132. The molecule has 0 fully saturated rings. The molecule has 0 aromatic heterocycles. The van der Waals surface area contributed by atoms with Gasteiger partial charge in [0.2, 0.25) is 0 Å².